The molecule has 0 spiro atoms. The van der Waals surface area contributed by atoms with Crippen LogP contribution >= 0.6 is 0 Å². The van der Waals surface area contributed by atoms with Gasteiger partial charge in [0.2, 0.25) is 5.91 Å². The molecule has 2 fully saturated rings. The van der Waals surface area contributed by atoms with E-state index in [-0.39, 0.29) is 17.8 Å². The van der Waals surface area contributed by atoms with Crippen LogP contribution in [0.1, 0.15) is 36.0 Å². The highest BCUT2D eigenvalue weighted by Gasteiger charge is 2.27. The molecule has 0 aromatic heterocycles. The molecule has 0 bridgehead atoms. The molecule has 1 aromatic rings. The van der Waals surface area contributed by atoms with Crippen molar-refractivity contribution >= 4 is 17.8 Å². The third-order valence-electron chi connectivity index (χ3n) is 5.82. The topological polar surface area (TPSA) is 91.4 Å². The normalized spacial score (nSPS) is 16.6. The number of carbonyl (C=O) groups excluding carboxylic acids is 3. The van der Waals surface area contributed by atoms with Gasteiger partial charge < -0.3 is 29.5 Å². The molecule has 0 radical (unpaired) electrons. The van der Waals surface area contributed by atoms with Crippen LogP contribution in [-0.4, -0.2) is 92.6 Å². The van der Waals surface area contributed by atoms with E-state index < -0.39 is 0 Å². The lowest BCUT2D eigenvalue weighted by molar-refractivity contribution is -0.131. The molecular formula is C22H32N4O5. The number of piperidine rings is 1. The maximum absolute atomic E-state index is 12.9. The fourth-order valence-electron chi connectivity index (χ4n) is 3.95. The molecular weight excluding hydrogens is 400 g/mol. The van der Waals surface area contributed by atoms with Gasteiger partial charge in [-0.2, -0.15) is 0 Å². The van der Waals surface area contributed by atoms with Crippen molar-refractivity contribution in [2.45, 2.75) is 25.7 Å². The Morgan fingerprint density at radius 2 is 1.55 bits per heavy atom. The van der Waals surface area contributed by atoms with Gasteiger partial charge in [0.15, 0.2) is 0 Å². The Hall–Kier alpha value is -2.97. The lowest BCUT2D eigenvalue weighted by Crippen LogP contribution is -2.53. The zero-order valence-corrected chi connectivity index (χ0v) is 18.4. The van der Waals surface area contributed by atoms with Gasteiger partial charge in [-0.3, -0.25) is 9.59 Å². The van der Waals surface area contributed by atoms with E-state index in [1.807, 2.05) is 4.90 Å². The van der Waals surface area contributed by atoms with Crippen LogP contribution in [0.5, 0.6) is 11.5 Å². The second-order valence-corrected chi connectivity index (χ2v) is 7.77. The Balaban J connectivity index is 1.44. The number of benzene rings is 1. The largest absolute Gasteiger partial charge is 0.497 e. The summed E-state index contributed by atoms with van der Waals surface area (Å²) >= 11 is 0. The van der Waals surface area contributed by atoms with E-state index in [0.29, 0.717) is 56.2 Å². The smallest absolute Gasteiger partial charge is 0.317 e. The standard InChI is InChI=1S/C22H32N4O5/c1-30-17-6-7-18(19(16-17)31-2)21(28)25-12-14-26(15-13-25)22(29)23-9-8-20(27)24-10-4-3-5-11-24/h6-7,16H,3-5,8-15H2,1-2H3,(H,23,29). The molecule has 2 heterocycles. The van der Waals surface area contributed by atoms with Crippen LogP contribution in [0.4, 0.5) is 4.79 Å². The number of carbonyl (C=O) groups is 3. The number of hydrogen-bond donors (Lipinski definition) is 1. The average molecular weight is 433 g/mol. The number of likely N-dealkylation sites (tertiary alicyclic amines) is 1. The summed E-state index contributed by atoms with van der Waals surface area (Å²) in [4.78, 5) is 42.8. The predicted octanol–water partition coefficient (Wildman–Crippen LogP) is 1.57. The molecule has 0 unspecified atom stereocenters. The number of ether oxygens (including phenoxy) is 2. The summed E-state index contributed by atoms with van der Waals surface area (Å²) in [6.45, 7) is 3.73. The summed E-state index contributed by atoms with van der Waals surface area (Å²) in [5.74, 6) is 1.05. The van der Waals surface area contributed by atoms with E-state index in [1.165, 1.54) is 13.5 Å². The first-order chi connectivity index (χ1) is 15.0. The molecule has 170 valence electrons. The highest BCUT2D eigenvalue weighted by molar-refractivity contribution is 5.97. The molecule has 2 aliphatic rings. The molecule has 2 saturated heterocycles. The minimum absolute atomic E-state index is 0.101. The summed E-state index contributed by atoms with van der Waals surface area (Å²) in [7, 11) is 3.08. The van der Waals surface area contributed by atoms with Gasteiger partial charge in [-0.1, -0.05) is 0 Å². The number of urea groups is 1. The highest BCUT2D eigenvalue weighted by atomic mass is 16.5. The van der Waals surface area contributed by atoms with Crippen LogP contribution in [0.25, 0.3) is 0 Å². The Kier molecular flexibility index (Phi) is 7.97. The van der Waals surface area contributed by atoms with Crippen molar-refractivity contribution < 1.29 is 23.9 Å². The van der Waals surface area contributed by atoms with Gasteiger partial charge in [-0.15, -0.1) is 0 Å². The summed E-state index contributed by atoms with van der Waals surface area (Å²) in [6, 6.07) is 4.91. The third-order valence-corrected chi connectivity index (χ3v) is 5.82. The summed E-state index contributed by atoms with van der Waals surface area (Å²) < 4.78 is 10.5. The van der Waals surface area contributed by atoms with Crippen LogP contribution in [0.3, 0.4) is 0 Å². The second-order valence-electron chi connectivity index (χ2n) is 7.77. The lowest BCUT2D eigenvalue weighted by Gasteiger charge is -2.35. The molecule has 1 aromatic carbocycles. The SMILES string of the molecule is COc1ccc(C(=O)N2CCN(C(=O)NCCC(=O)N3CCCCC3)CC2)c(OC)c1. The zero-order valence-electron chi connectivity index (χ0n) is 18.4. The molecule has 9 nitrogen and oxygen atoms in total. The first kappa shape index (κ1) is 22.7. The Bertz CT molecular complexity index is 786. The van der Waals surface area contributed by atoms with Crippen molar-refractivity contribution in [3.8, 4) is 11.5 Å². The van der Waals surface area contributed by atoms with E-state index in [9.17, 15) is 14.4 Å². The zero-order chi connectivity index (χ0) is 22.2. The van der Waals surface area contributed by atoms with Gasteiger partial charge in [0, 0.05) is 58.3 Å². The summed E-state index contributed by atoms with van der Waals surface area (Å²) in [5.41, 5.74) is 0.470. The average Bonchev–Trinajstić information content (AvgIpc) is 2.83. The fourth-order valence-corrected chi connectivity index (χ4v) is 3.95. The second kappa shape index (κ2) is 10.9. The number of rotatable bonds is 6. The van der Waals surface area contributed by atoms with Crippen LogP contribution < -0.4 is 14.8 Å². The number of nitrogens with one attached hydrogen (secondary N) is 1. The van der Waals surface area contributed by atoms with Gasteiger partial charge in [0.1, 0.15) is 11.5 Å². The van der Waals surface area contributed by atoms with Crippen molar-refractivity contribution in [3.63, 3.8) is 0 Å². The van der Waals surface area contributed by atoms with Gasteiger partial charge in [0.25, 0.3) is 5.91 Å². The van der Waals surface area contributed by atoms with E-state index >= 15 is 0 Å². The van der Waals surface area contributed by atoms with E-state index in [1.54, 1.807) is 35.1 Å². The minimum atomic E-state index is -0.194. The Morgan fingerprint density at radius 3 is 2.19 bits per heavy atom. The van der Waals surface area contributed by atoms with Crippen molar-refractivity contribution in [1.29, 1.82) is 0 Å². The monoisotopic (exact) mass is 432 g/mol. The number of piperazine rings is 1. The first-order valence-electron chi connectivity index (χ1n) is 10.9. The number of nitrogens with zero attached hydrogens (tertiary/aromatic N) is 3. The molecule has 9 heteroatoms. The van der Waals surface area contributed by atoms with Crippen molar-refractivity contribution in [2.75, 3.05) is 60.0 Å². The molecule has 0 saturated carbocycles. The lowest BCUT2D eigenvalue weighted by atomic mass is 10.1. The predicted molar refractivity (Wildman–Crippen MR) is 115 cm³/mol. The van der Waals surface area contributed by atoms with Crippen LogP contribution in [0, 0.1) is 0 Å². The first-order valence-corrected chi connectivity index (χ1v) is 10.9. The van der Waals surface area contributed by atoms with Crippen LogP contribution in [0.15, 0.2) is 18.2 Å². The van der Waals surface area contributed by atoms with Gasteiger partial charge in [0.05, 0.1) is 19.8 Å². The van der Waals surface area contributed by atoms with E-state index in [2.05, 4.69) is 5.32 Å². The quantitative estimate of drug-likeness (QED) is 0.737. The minimum Gasteiger partial charge on any atom is -0.497 e. The molecule has 0 atom stereocenters. The Morgan fingerprint density at radius 1 is 0.871 bits per heavy atom. The third kappa shape index (κ3) is 5.80. The highest BCUT2D eigenvalue weighted by Crippen LogP contribution is 2.26. The number of amides is 4. The maximum atomic E-state index is 12.9. The van der Waals surface area contributed by atoms with Crippen LogP contribution in [-0.2, 0) is 4.79 Å². The van der Waals surface area contributed by atoms with E-state index in [4.69, 9.17) is 9.47 Å². The number of hydrogen-bond acceptors (Lipinski definition) is 5. The van der Waals surface area contributed by atoms with Gasteiger partial charge in [-0.25, -0.2) is 4.79 Å². The molecule has 0 aliphatic carbocycles. The Labute approximate surface area is 183 Å². The molecule has 4 amide bonds. The van der Waals surface area contributed by atoms with Gasteiger partial charge in [-0.05, 0) is 31.4 Å². The van der Waals surface area contributed by atoms with Crippen LogP contribution in [0.2, 0.25) is 0 Å². The summed E-state index contributed by atoms with van der Waals surface area (Å²) in [6.07, 6.45) is 3.62. The molecule has 3 rings (SSSR count). The van der Waals surface area contributed by atoms with Crippen molar-refractivity contribution in [2.24, 2.45) is 0 Å². The van der Waals surface area contributed by atoms with Crippen molar-refractivity contribution in [1.82, 2.24) is 20.0 Å². The summed E-state index contributed by atoms with van der Waals surface area (Å²) in [5, 5.41) is 2.83. The maximum Gasteiger partial charge on any atom is 0.317 e. The van der Waals surface area contributed by atoms with Crippen molar-refractivity contribution in [3.05, 3.63) is 23.8 Å². The van der Waals surface area contributed by atoms with E-state index in [0.717, 1.165) is 25.9 Å². The molecule has 2 aliphatic heterocycles. The fraction of sp³-hybridized carbons (Fsp3) is 0.591. The molecule has 1 N–H and O–H groups in total. The van der Waals surface area contributed by atoms with Gasteiger partial charge >= 0.3 is 6.03 Å². The molecule has 31 heavy (non-hydrogen) atoms. The number of methoxy groups -OCH3 is 2.